The first-order valence-corrected chi connectivity index (χ1v) is 9.72. The SMILES string of the molecule is COc1cc2c(cc1OC)[C@H](c1ccc(Cl)c(Cl)c1)N[C@H](c1cccnc1)C2. The van der Waals surface area contributed by atoms with Gasteiger partial charge in [0.15, 0.2) is 11.5 Å². The Morgan fingerprint density at radius 2 is 1.75 bits per heavy atom. The molecule has 2 aromatic carbocycles. The van der Waals surface area contributed by atoms with Crippen LogP contribution in [0.25, 0.3) is 0 Å². The molecule has 1 aliphatic heterocycles. The van der Waals surface area contributed by atoms with Gasteiger partial charge in [0, 0.05) is 18.4 Å². The van der Waals surface area contributed by atoms with Crippen LogP contribution in [0.2, 0.25) is 10.0 Å². The molecule has 3 aromatic rings. The van der Waals surface area contributed by atoms with E-state index in [2.05, 4.69) is 22.4 Å². The highest BCUT2D eigenvalue weighted by molar-refractivity contribution is 6.42. The summed E-state index contributed by atoms with van der Waals surface area (Å²) in [7, 11) is 3.30. The number of fused-ring (bicyclic) bond motifs is 1. The van der Waals surface area contributed by atoms with E-state index in [1.165, 1.54) is 5.56 Å². The van der Waals surface area contributed by atoms with Crippen molar-refractivity contribution in [3.05, 3.63) is 87.2 Å². The standard InChI is InChI=1S/C22H20Cl2N2O2/c1-27-20-10-15-9-19(14-4-3-7-25-12-14)26-22(16(15)11-21(20)28-2)13-5-6-17(23)18(24)8-13/h3-8,10-12,19,22,26H,9H2,1-2H3/t19-,22-/m0/s1. The van der Waals surface area contributed by atoms with Crippen LogP contribution in [0.5, 0.6) is 11.5 Å². The molecule has 0 radical (unpaired) electrons. The lowest BCUT2D eigenvalue weighted by Crippen LogP contribution is -2.34. The van der Waals surface area contributed by atoms with Gasteiger partial charge in [-0.2, -0.15) is 0 Å². The highest BCUT2D eigenvalue weighted by Crippen LogP contribution is 2.42. The average Bonchev–Trinajstić information content (AvgIpc) is 2.74. The van der Waals surface area contributed by atoms with Gasteiger partial charge in [-0.3, -0.25) is 10.3 Å². The van der Waals surface area contributed by atoms with Crippen molar-refractivity contribution in [2.24, 2.45) is 0 Å². The van der Waals surface area contributed by atoms with Gasteiger partial charge in [0.1, 0.15) is 0 Å². The average molecular weight is 415 g/mol. The molecule has 0 amide bonds. The van der Waals surface area contributed by atoms with Crippen LogP contribution in [0, 0.1) is 0 Å². The summed E-state index contributed by atoms with van der Waals surface area (Å²) in [4.78, 5) is 4.28. The first-order valence-electron chi connectivity index (χ1n) is 8.96. The first-order chi connectivity index (χ1) is 13.6. The van der Waals surface area contributed by atoms with E-state index in [1.807, 2.05) is 36.5 Å². The van der Waals surface area contributed by atoms with Crippen molar-refractivity contribution >= 4 is 23.2 Å². The number of nitrogens with one attached hydrogen (secondary N) is 1. The van der Waals surface area contributed by atoms with Crippen LogP contribution in [0.15, 0.2) is 54.9 Å². The molecule has 0 unspecified atom stereocenters. The molecular formula is C22H20Cl2N2O2. The summed E-state index contributed by atoms with van der Waals surface area (Å²) in [5.41, 5.74) is 4.50. The van der Waals surface area contributed by atoms with Gasteiger partial charge in [-0.1, -0.05) is 35.3 Å². The summed E-state index contributed by atoms with van der Waals surface area (Å²) < 4.78 is 11.1. The zero-order valence-corrected chi connectivity index (χ0v) is 17.1. The molecule has 2 heterocycles. The molecule has 6 heteroatoms. The summed E-state index contributed by atoms with van der Waals surface area (Å²) in [6.45, 7) is 0. The van der Waals surface area contributed by atoms with Crippen LogP contribution in [0.3, 0.4) is 0 Å². The Hall–Kier alpha value is -2.27. The van der Waals surface area contributed by atoms with Crippen molar-refractivity contribution in [3.8, 4) is 11.5 Å². The highest BCUT2D eigenvalue weighted by atomic mass is 35.5. The minimum atomic E-state index is -0.0662. The van der Waals surface area contributed by atoms with Gasteiger partial charge < -0.3 is 9.47 Å². The number of ether oxygens (including phenoxy) is 2. The Bertz CT molecular complexity index is 995. The van der Waals surface area contributed by atoms with Gasteiger partial charge in [-0.25, -0.2) is 0 Å². The number of rotatable bonds is 4. The van der Waals surface area contributed by atoms with E-state index in [-0.39, 0.29) is 12.1 Å². The molecule has 0 spiro atoms. The van der Waals surface area contributed by atoms with Crippen molar-refractivity contribution in [1.29, 1.82) is 0 Å². The fourth-order valence-corrected chi connectivity index (χ4v) is 4.02. The van der Waals surface area contributed by atoms with E-state index in [0.29, 0.717) is 15.8 Å². The number of hydrogen-bond donors (Lipinski definition) is 1. The highest BCUT2D eigenvalue weighted by Gasteiger charge is 2.30. The van der Waals surface area contributed by atoms with Crippen molar-refractivity contribution < 1.29 is 9.47 Å². The number of benzene rings is 2. The predicted octanol–water partition coefficient (Wildman–Crippen LogP) is 5.38. The number of nitrogens with zero attached hydrogens (tertiary/aromatic N) is 1. The normalized spacial score (nSPS) is 18.4. The lowest BCUT2D eigenvalue weighted by molar-refractivity contribution is 0.351. The largest absolute Gasteiger partial charge is 0.493 e. The fraction of sp³-hybridized carbons (Fsp3) is 0.227. The van der Waals surface area contributed by atoms with Gasteiger partial charge >= 0.3 is 0 Å². The fourth-order valence-electron chi connectivity index (χ4n) is 3.72. The minimum absolute atomic E-state index is 0.0662. The first kappa shape index (κ1) is 19.1. The second kappa shape index (κ2) is 8.00. The molecule has 1 N–H and O–H groups in total. The number of halogens is 2. The van der Waals surface area contributed by atoms with Gasteiger partial charge in [-0.15, -0.1) is 0 Å². The molecule has 144 valence electrons. The molecular weight excluding hydrogens is 395 g/mol. The quantitative estimate of drug-likeness (QED) is 0.621. The molecule has 0 saturated carbocycles. The molecule has 2 atom stereocenters. The maximum atomic E-state index is 6.31. The van der Waals surface area contributed by atoms with E-state index in [4.69, 9.17) is 32.7 Å². The maximum absolute atomic E-state index is 6.31. The van der Waals surface area contributed by atoms with Crippen LogP contribution < -0.4 is 14.8 Å². The van der Waals surface area contributed by atoms with Crippen LogP contribution in [-0.4, -0.2) is 19.2 Å². The molecule has 0 bridgehead atoms. The van der Waals surface area contributed by atoms with Gasteiger partial charge in [0.2, 0.25) is 0 Å². The third-order valence-corrected chi connectivity index (χ3v) is 5.85. The van der Waals surface area contributed by atoms with Crippen LogP contribution in [0.4, 0.5) is 0 Å². The summed E-state index contributed by atoms with van der Waals surface area (Å²) >= 11 is 12.4. The Labute approximate surface area is 174 Å². The smallest absolute Gasteiger partial charge is 0.161 e. The molecule has 0 saturated heterocycles. The number of methoxy groups -OCH3 is 2. The Morgan fingerprint density at radius 3 is 2.43 bits per heavy atom. The van der Waals surface area contributed by atoms with E-state index in [9.17, 15) is 0 Å². The van der Waals surface area contributed by atoms with Crippen LogP contribution in [-0.2, 0) is 6.42 Å². The van der Waals surface area contributed by atoms with E-state index < -0.39 is 0 Å². The van der Waals surface area contributed by atoms with Gasteiger partial charge in [-0.05, 0) is 59.0 Å². The predicted molar refractivity (Wildman–Crippen MR) is 112 cm³/mol. The zero-order chi connectivity index (χ0) is 19.7. The van der Waals surface area contributed by atoms with Crippen molar-refractivity contribution in [3.63, 3.8) is 0 Å². The lowest BCUT2D eigenvalue weighted by atomic mass is 9.84. The maximum Gasteiger partial charge on any atom is 0.161 e. The van der Waals surface area contributed by atoms with E-state index in [1.54, 1.807) is 20.4 Å². The minimum Gasteiger partial charge on any atom is -0.493 e. The Balaban J connectivity index is 1.84. The molecule has 1 aliphatic rings. The van der Waals surface area contributed by atoms with Crippen molar-refractivity contribution in [2.75, 3.05) is 14.2 Å². The van der Waals surface area contributed by atoms with Gasteiger partial charge in [0.05, 0.1) is 30.3 Å². The third kappa shape index (κ3) is 3.55. The third-order valence-electron chi connectivity index (χ3n) is 5.11. The van der Waals surface area contributed by atoms with E-state index >= 15 is 0 Å². The molecule has 4 nitrogen and oxygen atoms in total. The molecule has 28 heavy (non-hydrogen) atoms. The zero-order valence-electron chi connectivity index (χ0n) is 15.6. The number of hydrogen-bond acceptors (Lipinski definition) is 4. The van der Waals surface area contributed by atoms with Gasteiger partial charge in [0.25, 0.3) is 0 Å². The summed E-state index contributed by atoms with van der Waals surface area (Å²) in [5, 5.41) is 4.81. The second-order valence-corrected chi connectivity index (χ2v) is 7.54. The number of aromatic nitrogens is 1. The molecule has 4 rings (SSSR count). The topological polar surface area (TPSA) is 43.4 Å². The lowest BCUT2D eigenvalue weighted by Gasteiger charge is -2.34. The van der Waals surface area contributed by atoms with E-state index in [0.717, 1.165) is 28.9 Å². The Kier molecular flexibility index (Phi) is 5.44. The molecule has 0 aliphatic carbocycles. The van der Waals surface area contributed by atoms with Crippen LogP contribution >= 0.6 is 23.2 Å². The summed E-state index contributed by atoms with van der Waals surface area (Å²) in [5.74, 6) is 1.42. The monoisotopic (exact) mass is 414 g/mol. The summed E-state index contributed by atoms with van der Waals surface area (Å²) in [6, 6.07) is 13.9. The number of pyridine rings is 1. The Morgan fingerprint density at radius 1 is 0.964 bits per heavy atom. The molecule has 0 fully saturated rings. The van der Waals surface area contributed by atoms with Crippen molar-refractivity contribution in [1.82, 2.24) is 10.3 Å². The summed E-state index contributed by atoms with van der Waals surface area (Å²) in [6.07, 6.45) is 4.50. The molecule has 1 aromatic heterocycles. The van der Waals surface area contributed by atoms with Crippen molar-refractivity contribution in [2.45, 2.75) is 18.5 Å². The van der Waals surface area contributed by atoms with Crippen LogP contribution in [0.1, 0.15) is 34.3 Å². The second-order valence-electron chi connectivity index (χ2n) is 6.72.